The number of anilines is 1. The number of hydrogen-bond donors (Lipinski definition) is 1. The molecule has 0 fully saturated rings. The molecule has 0 saturated heterocycles. The first kappa shape index (κ1) is 11.7. The zero-order valence-electron chi connectivity index (χ0n) is 8.73. The van der Waals surface area contributed by atoms with Crippen molar-refractivity contribution in [2.75, 3.05) is 11.9 Å². The number of aromatic nitrogens is 1. The van der Waals surface area contributed by atoms with Crippen LogP contribution in [0.4, 0.5) is 11.5 Å². The topological polar surface area (TPSA) is 91.9 Å². The van der Waals surface area contributed by atoms with Crippen LogP contribution < -0.4 is 5.32 Å². The fourth-order valence-electron chi connectivity index (χ4n) is 1.02. The van der Waals surface area contributed by atoms with Gasteiger partial charge in [-0.3, -0.25) is 10.1 Å². The molecule has 0 aliphatic rings. The van der Waals surface area contributed by atoms with E-state index in [0.717, 1.165) is 5.57 Å². The fraction of sp³-hybridized carbons (Fsp3) is 0.200. The lowest BCUT2D eigenvalue weighted by Gasteiger charge is -2.04. The van der Waals surface area contributed by atoms with Gasteiger partial charge in [-0.2, -0.15) is 5.26 Å². The van der Waals surface area contributed by atoms with Crippen molar-refractivity contribution in [1.29, 1.82) is 5.26 Å². The van der Waals surface area contributed by atoms with E-state index in [1.807, 2.05) is 6.92 Å². The van der Waals surface area contributed by atoms with Gasteiger partial charge in [-0.15, -0.1) is 0 Å². The molecule has 0 aliphatic carbocycles. The SMILES string of the molecule is C=C(C)CNc1ccc([N+](=O)[O-])c(C#N)n1. The second-order valence-electron chi connectivity index (χ2n) is 3.24. The first-order valence-corrected chi connectivity index (χ1v) is 4.48. The van der Waals surface area contributed by atoms with Crippen LogP contribution in [0.1, 0.15) is 12.6 Å². The largest absolute Gasteiger partial charge is 0.366 e. The smallest absolute Gasteiger partial charge is 0.305 e. The summed E-state index contributed by atoms with van der Waals surface area (Å²) in [5.41, 5.74) is 0.416. The highest BCUT2D eigenvalue weighted by molar-refractivity contribution is 5.50. The molecule has 1 aromatic rings. The van der Waals surface area contributed by atoms with Crippen molar-refractivity contribution >= 4 is 11.5 Å². The van der Waals surface area contributed by atoms with Gasteiger partial charge in [0.05, 0.1) is 4.92 Å². The molecule has 82 valence electrons. The Kier molecular flexibility index (Phi) is 3.56. The summed E-state index contributed by atoms with van der Waals surface area (Å²) in [6.45, 7) is 6.04. The summed E-state index contributed by atoms with van der Waals surface area (Å²) in [7, 11) is 0. The van der Waals surface area contributed by atoms with Crippen LogP contribution in [-0.2, 0) is 0 Å². The van der Waals surface area contributed by atoms with Crippen LogP contribution in [0.3, 0.4) is 0 Å². The van der Waals surface area contributed by atoms with Crippen molar-refractivity contribution < 1.29 is 4.92 Å². The first-order valence-electron chi connectivity index (χ1n) is 4.48. The lowest BCUT2D eigenvalue weighted by molar-refractivity contribution is -0.385. The number of nitriles is 1. The van der Waals surface area contributed by atoms with Crippen LogP contribution in [0, 0.1) is 21.4 Å². The van der Waals surface area contributed by atoms with Crippen molar-refractivity contribution in [3.63, 3.8) is 0 Å². The summed E-state index contributed by atoms with van der Waals surface area (Å²) in [6.07, 6.45) is 0. The molecular formula is C10H10N4O2. The molecule has 1 N–H and O–H groups in total. The minimum atomic E-state index is -0.631. The predicted molar refractivity (Wildman–Crippen MR) is 58.9 cm³/mol. The van der Waals surface area contributed by atoms with E-state index in [0.29, 0.717) is 12.4 Å². The van der Waals surface area contributed by atoms with E-state index in [9.17, 15) is 10.1 Å². The number of pyridine rings is 1. The summed E-state index contributed by atoms with van der Waals surface area (Å²) >= 11 is 0. The van der Waals surface area contributed by atoms with Crippen LogP contribution in [0.2, 0.25) is 0 Å². The summed E-state index contributed by atoms with van der Waals surface area (Å²) in [4.78, 5) is 13.7. The number of nitrogens with one attached hydrogen (secondary N) is 1. The van der Waals surface area contributed by atoms with Gasteiger partial charge in [-0.1, -0.05) is 12.2 Å². The Morgan fingerprint density at radius 1 is 1.75 bits per heavy atom. The fourth-order valence-corrected chi connectivity index (χ4v) is 1.02. The second-order valence-corrected chi connectivity index (χ2v) is 3.24. The summed E-state index contributed by atoms with van der Waals surface area (Å²) < 4.78 is 0. The molecule has 0 bridgehead atoms. The Hall–Kier alpha value is -2.42. The van der Waals surface area contributed by atoms with E-state index in [1.54, 1.807) is 6.07 Å². The molecule has 0 amide bonds. The molecule has 1 aromatic heterocycles. The molecule has 0 unspecified atom stereocenters. The second kappa shape index (κ2) is 4.89. The van der Waals surface area contributed by atoms with E-state index in [1.165, 1.54) is 12.1 Å². The molecule has 6 heteroatoms. The maximum Gasteiger partial charge on any atom is 0.305 e. The van der Waals surface area contributed by atoms with Gasteiger partial charge in [0.1, 0.15) is 11.9 Å². The third kappa shape index (κ3) is 2.78. The third-order valence-electron chi connectivity index (χ3n) is 1.75. The minimum absolute atomic E-state index is 0.197. The maximum absolute atomic E-state index is 10.5. The van der Waals surface area contributed by atoms with Crippen LogP contribution >= 0.6 is 0 Å². The molecule has 0 saturated carbocycles. The van der Waals surface area contributed by atoms with Crippen LogP contribution in [0.25, 0.3) is 0 Å². The zero-order valence-corrected chi connectivity index (χ0v) is 8.73. The Labute approximate surface area is 92.4 Å². The quantitative estimate of drug-likeness (QED) is 0.473. The van der Waals surface area contributed by atoms with Crippen LogP contribution in [0.5, 0.6) is 0 Å². The van der Waals surface area contributed by atoms with Crippen molar-refractivity contribution in [3.8, 4) is 6.07 Å². The van der Waals surface area contributed by atoms with Crippen LogP contribution in [0.15, 0.2) is 24.3 Å². The molecule has 1 rings (SSSR count). The molecule has 0 aromatic carbocycles. The Balaban J connectivity index is 2.96. The standard InChI is InChI=1S/C10H10N4O2/c1-7(2)6-12-10-4-3-9(14(15)16)8(5-11)13-10/h3-4H,1,6H2,2H3,(H,12,13). The van der Waals surface area contributed by atoms with Crippen molar-refractivity contribution in [2.24, 2.45) is 0 Å². The van der Waals surface area contributed by atoms with E-state index < -0.39 is 4.92 Å². The lowest BCUT2D eigenvalue weighted by Crippen LogP contribution is -2.05. The Bertz CT molecular complexity index is 476. The molecular weight excluding hydrogens is 208 g/mol. The summed E-state index contributed by atoms with van der Waals surface area (Å²) in [5, 5.41) is 22.1. The summed E-state index contributed by atoms with van der Waals surface area (Å²) in [6, 6.07) is 4.41. The van der Waals surface area contributed by atoms with Gasteiger partial charge in [-0.25, -0.2) is 4.98 Å². The highest BCUT2D eigenvalue weighted by Gasteiger charge is 2.15. The normalized spacial score (nSPS) is 9.25. The minimum Gasteiger partial charge on any atom is -0.366 e. The molecule has 0 atom stereocenters. The Morgan fingerprint density at radius 3 is 2.94 bits per heavy atom. The van der Waals surface area contributed by atoms with Gasteiger partial charge >= 0.3 is 5.69 Å². The number of hydrogen-bond acceptors (Lipinski definition) is 5. The van der Waals surface area contributed by atoms with Gasteiger partial charge in [-0.05, 0) is 13.0 Å². The van der Waals surface area contributed by atoms with Crippen molar-refractivity contribution in [2.45, 2.75) is 6.92 Å². The van der Waals surface area contributed by atoms with E-state index in [-0.39, 0.29) is 11.4 Å². The monoisotopic (exact) mass is 218 g/mol. The molecule has 0 spiro atoms. The molecule has 0 radical (unpaired) electrons. The maximum atomic E-state index is 10.5. The van der Waals surface area contributed by atoms with Gasteiger partial charge in [0.15, 0.2) is 0 Å². The highest BCUT2D eigenvalue weighted by atomic mass is 16.6. The van der Waals surface area contributed by atoms with Gasteiger partial charge < -0.3 is 5.32 Å². The lowest BCUT2D eigenvalue weighted by atomic mass is 10.3. The molecule has 16 heavy (non-hydrogen) atoms. The van der Waals surface area contributed by atoms with Crippen molar-refractivity contribution in [3.05, 3.63) is 40.1 Å². The Morgan fingerprint density at radius 2 is 2.44 bits per heavy atom. The van der Waals surface area contributed by atoms with E-state index in [4.69, 9.17) is 5.26 Å². The first-order chi connectivity index (χ1) is 7.54. The number of nitro groups is 1. The number of nitrogens with zero attached hydrogens (tertiary/aromatic N) is 3. The van der Waals surface area contributed by atoms with Gasteiger partial charge in [0.25, 0.3) is 0 Å². The van der Waals surface area contributed by atoms with E-state index in [2.05, 4.69) is 16.9 Å². The number of rotatable bonds is 4. The highest BCUT2D eigenvalue weighted by Crippen LogP contribution is 2.17. The zero-order chi connectivity index (χ0) is 12.1. The third-order valence-corrected chi connectivity index (χ3v) is 1.75. The van der Waals surface area contributed by atoms with Crippen LogP contribution in [-0.4, -0.2) is 16.5 Å². The van der Waals surface area contributed by atoms with Gasteiger partial charge in [0.2, 0.25) is 5.69 Å². The average molecular weight is 218 g/mol. The van der Waals surface area contributed by atoms with Crippen molar-refractivity contribution in [1.82, 2.24) is 4.98 Å². The molecule has 6 nitrogen and oxygen atoms in total. The molecule has 1 heterocycles. The molecule has 0 aliphatic heterocycles. The van der Waals surface area contributed by atoms with E-state index >= 15 is 0 Å². The predicted octanol–water partition coefficient (Wildman–Crippen LogP) is 1.85. The van der Waals surface area contributed by atoms with Gasteiger partial charge in [0, 0.05) is 12.6 Å². The summed E-state index contributed by atoms with van der Waals surface area (Å²) in [5.74, 6) is 0.421. The average Bonchev–Trinajstić information content (AvgIpc) is 2.25.